The number of halogens is 2. The highest BCUT2D eigenvalue weighted by molar-refractivity contribution is 7.88. The predicted molar refractivity (Wildman–Crippen MR) is 131 cm³/mol. The zero-order chi connectivity index (χ0) is 25.4. The smallest absolute Gasteiger partial charge is 0.289 e. The maximum absolute atomic E-state index is 13.5. The topological polar surface area (TPSA) is 151 Å². The number of hydrogen-bond donors (Lipinski definition) is 3. The summed E-state index contributed by atoms with van der Waals surface area (Å²) in [6.45, 7) is 2.58. The van der Waals surface area contributed by atoms with Gasteiger partial charge in [-0.1, -0.05) is 17.7 Å². The number of sulfonamides is 1. The summed E-state index contributed by atoms with van der Waals surface area (Å²) in [5.74, 6) is 1.05. The lowest BCUT2D eigenvalue weighted by Crippen LogP contribution is -2.41. The average Bonchev–Trinajstić information content (AvgIpc) is 3.23. The molecule has 12 nitrogen and oxygen atoms in total. The minimum atomic E-state index is -3.24. The van der Waals surface area contributed by atoms with Crippen LogP contribution in [0.15, 0.2) is 24.5 Å². The number of fused-ring (bicyclic) bond motifs is 2. The number of piperidine rings is 1. The predicted octanol–water partition coefficient (Wildman–Crippen LogP) is 2.57. The third-order valence-electron chi connectivity index (χ3n) is 5.86. The number of aromatic amines is 1. The summed E-state index contributed by atoms with van der Waals surface area (Å²) < 4.78 is 44.8. The molecule has 1 fully saturated rings. The van der Waals surface area contributed by atoms with Crippen LogP contribution in [0.1, 0.15) is 31.6 Å². The first-order chi connectivity index (χ1) is 17.2. The molecule has 15 heteroatoms. The Hall–Kier alpha value is -3.20. The first kappa shape index (κ1) is 24.5. The molecule has 0 amide bonds. The number of ether oxygens (including phenoxy) is 1. The molecule has 0 aliphatic carbocycles. The number of H-pyrrole nitrogens is 1. The van der Waals surface area contributed by atoms with E-state index in [2.05, 4.69) is 40.8 Å². The van der Waals surface area contributed by atoms with Crippen molar-refractivity contribution in [2.75, 3.05) is 24.8 Å². The zero-order valence-electron chi connectivity index (χ0n) is 19.4. The van der Waals surface area contributed by atoms with E-state index in [-0.39, 0.29) is 11.8 Å². The van der Waals surface area contributed by atoms with Crippen molar-refractivity contribution in [2.24, 2.45) is 0 Å². The van der Waals surface area contributed by atoms with E-state index in [0.29, 0.717) is 64.9 Å². The van der Waals surface area contributed by atoms with Crippen LogP contribution in [0.4, 0.5) is 10.2 Å². The number of aromatic nitrogens is 6. The number of hydrogen-bond acceptors (Lipinski definition) is 10. The van der Waals surface area contributed by atoms with Crippen LogP contribution in [-0.2, 0) is 10.0 Å². The van der Waals surface area contributed by atoms with Crippen LogP contribution in [0, 0.1) is 6.08 Å². The van der Waals surface area contributed by atoms with Gasteiger partial charge in [-0.2, -0.15) is 14.4 Å². The van der Waals surface area contributed by atoms with E-state index in [1.807, 2.05) is 13.0 Å². The maximum Gasteiger partial charge on any atom is 0.289 e. The summed E-state index contributed by atoms with van der Waals surface area (Å²) in [5, 5.41) is 1.03. The molecule has 0 bridgehead atoms. The van der Waals surface area contributed by atoms with E-state index in [1.165, 1.54) is 16.9 Å². The van der Waals surface area contributed by atoms with Crippen molar-refractivity contribution < 1.29 is 17.5 Å². The lowest BCUT2D eigenvalue weighted by molar-refractivity contribution is 0.131. The van der Waals surface area contributed by atoms with Crippen molar-refractivity contribution in [1.29, 1.82) is 0 Å². The molecular formula is C21H23ClFN9O3S. The van der Waals surface area contributed by atoms with Gasteiger partial charge in [0.05, 0.1) is 28.2 Å². The normalized spacial score (nSPS) is 16.4. The van der Waals surface area contributed by atoms with Gasteiger partial charge in [-0.3, -0.25) is 0 Å². The second-order valence-corrected chi connectivity index (χ2v) is 10.8. The SMILES string of the molecule is CC(NNc1ncnc2nc(F)[nH]c12)c1nc(OC2CCN(S(C)(=O)=O)CC2)c2c(Cl)cccc2n1. The number of nitrogens with one attached hydrogen (secondary N) is 3. The van der Waals surface area contributed by atoms with Crippen LogP contribution in [-0.4, -0.2) is 68.1 Å². The highest BCUT2D eigenvalue weighted by Gasteiger charge is 2.27. The summed E-state index contributed by atoms with van der Waals surface area (Å²) in [6, 6.07) is 4.91. The summed E-state index contributed by atoms with van der Waals surface area (Å²) in [7, 11) is -3.24. The molecule has 0 saturated carbocycles. The van der Waals surface area contributed by atoms with E-state index in [9.17, 15) is 12.8 Å². The molecule has 3 N–H and O–H groups in total. The first-order valence-corrected chi connectivity index (χ1v) is 13.4. The van der Waals surface area contributed by atoms with Crippen molar-refractivity contribution in [1.82, 2.24) is 39.6 Å². The lowest BCUT2D eigenvalue weighted by atomic mass is 10.1. The van der Waals surface area contributed by atoms with Gasteiger partial charge in [-0.25, -0.2) is 33.1 Å². The number of nitrogens with zero attached hydrogens (tertiary/aromatic N) is 6. The molecule has 3 aromatic heterocycles. The Labute approximate surface area is 210 Å². The molecule has 0 radical (unpaired) electrons. The van der Waals surface area contributed by atoms with E-state index in [4.69, 9.17) is 16.3 Å². The summed E-state index contributed by atoms with van der Waals surface area (Å²) >= 11 is 6.46. The molecular weight excluding hydrogens is 513 g/mol. The van der Waals surface area contributed by atoms with Gasteiger partial charge >= 0.3 is 0 Å². The van der Waals surface area contributed by atoms with Crippen LogP contribution in [0.5, 0.6) is 5.88 Å². The van der Waals surface area contributed by atoms with Gasteiger partial charge in [0.15, 0.2) is 17.3 Å². The quantitative estimate of drug-likeness (QED) is 0.238. The fraction of sp³-hybridized carbons (Fsp3) is 0.381. The zero-order valence-corrected chi connectivity index (χ0v) is 20.9. The van der Waals surface area contributed by atoms with Crippen LogP contribution in [0.3, 0.4) is 0 Å². The fourth-order valence-corrected chi connectivity index (χ4v) is 5.11. The number of benzene rings is 1. The van der Waals surface area contributed by atoms with E-state index < -0.39 is 22.1 Å². The summed E-state index contributed by atoms with van der Waals surface area (Å²) in [6.07, 6.45) is 2.54. The molecule has 0 spiro atoms. The van der Waals surface area contributed by atoms with Gasteiger partial charge in [-0.15, -0.1) is 0 Å². The number of anilines is 1. The minimum Gasteiger partial charge on any atom is -0.474 e. The fourth-order valence-electron chi connectivity index (χ4n) is 3.98. The summed E-state index contributed by atoms with van der Waals surface area (Å²) in [5.41, 5.74) is 7.08. The largest absolute Gasteiger partial charge is 0.474 e. The number of imidazole rings is 1. The van der Waals surface area contributed by atoms with Gasteiger partial charge in [0.2, 0.25) is 15.9 Å². The second kappa shape index (κ2) is 9.69. The van der Waals surface area contributed by atoms with Gasteiger partial charge in [-0.05, 0) is 31.9 Å². The Bertz CT molecular complexity index is 1530. The Kier molecular flexibility index (Phi) is 6.59. The van der Waals surface area contributed by atoms with Crippen molar-refractivity contribution in [2.45, 2.75) is 31.9 Å². The Morgan fingerprint density at radius 1 is 1.22 bits per heavy atom. The van der Waals surface area contributed by atoms with Gasteiger partial charge in [0.1, 0.15) is 17.9 Å². The summed E-state index contributed by atoms with van der Waals surface area (Å²) in [4.78, 5) is 23.4. The van der Waals surface area contributed by atoms with E-state index >= 15 is 0 Å². The van der Waals surface area contributed by atoms with Crippen LogP contribution in [0.2, 0.25) is 5.02 Å². The van der Waals surface area contributed by atoms with Crippen molar-refractivity contribution >= 4 is 49.5 Å². The third kappa shape index (κ3) is 5.02. The standard InChI is InChI=1S/C21H23ClFN9O3S/c1-11(30-31-19-16-18(24-10-25-19)29-21(23)27-16)17-26-14-5-3-4-13(22)15(14)20(28-17)35-12-6-8-32(9-7-12)36(2,33)34/h3-5,10-12,30H,6-9H2,1-2H3,(H2,24,25,27,29,31). The number of hydrazine groups is 1. The van der Waals surface area contributed by atoms with Gasteiger partial charge in [0.25, 0.3) is 6.08 Å². The first-order valence-electron chi connectivity index (χ1n) is 11.1. The van der Waals surface area contributed by atoms with Crippen LogP contribution >= 0.6 is 11.6 Å². The molecule has 190 valence electrons. The highest BCUT2D eigenvalue weighted by Crippen LogP contribution is 2.32. The molecule has 1 aliphatic rings. The maximum atomic E-state index is 13.5. The van der Waals surface area contributed by atoms with E-state index in [1.54, 1.807) is 12.1 Å². The molecule has 1 unspecified atom stereocenters. The third-order valence-corrected chi connectivity index (χ3v) is 7.48. The molecule has 1 aliphatic heterocycles. The van der Waals surface area contributed by atoms with E-state index in [0.717, 1.165) is 0 Å². The van der Waals surface area contributed by atoms with Crippen molar-refractivity contribution in [3.63, 3.8) is 0 Å². The van der Waals surface area contributed by atoms with Gasteiger partial charge < -0.3 is 15.1 Å². The molecule has 5 rings (SSSR count). The molecule has 1 saturated heterocycles. The monoisotopic (exact) mass is 535 g/mol. The second-order valence-electron chi connectivity index (χ2n) is 8.44. The molecule has 1 atom stereocenters. The number of rotatable bonds is 7. The Morgan fingerprint density at radius 3 is 2.75 bits per heavy atom. The lowest BCUT2D eigenvalue weighted by Gasteiger charge is -2.30. The Balaban J connectivity index is 1.38. The van der Waals surface area contributed by atoms with Crippen LogP contribution in [0.25, 0.3) is 22.1 Å². The average molecular weight is 536 g/mol. The van der Waals surface area contributed by atoms with Crippen molar-refractivity contribution in [3.8, 4) is 5.88 Å². The molecule has 4 aromatic rings. The molecule has 1 aromatic carbocycles. The molecule has 4 heterocycles. The highest BCUT2D eigenvalue weighted by atomic mass is 35.5. The van der Waals surface area contributed by atoms with Crippen molar-refractivity contribution in [3.05, 3.63) is 41.5 Å². The van der Waals surface area contributed by atoms with Crippen LogP contribution < -0.4 is 15.6 Å². The minimum absolute atomic E-state index is 0.189. The van der Waals surface area contributed by atoms with Gasteiger partial charge in [0, 0.05) is 13.1 Å². The molecule has 36 heavy (non-hydrogen) atoms. The Morgan fingerprint density at radius 2 is 2.00 bits per heavy atom.